The molecule has 4 amide bonds. The van der Waals surface area contributed by atoms with Crippen LogP contribution in [-0.4, -0.2) is 34.2 Å². The predicted molar refractivity (Wildman–Crippen MR) is 61.4 cm³/mol. The molecule has 1 aromatic rings. The van der Waals surface area contributed by atoms with Crippen molar-refractivity contribution < 1.29 is 27.6 Å². The van der Waals surface area contributed by atoms with Gasteiger partial charge in [0.2, 0.25) is 0 Å². The Morgan fingerprint density at radius 3 is 2.48 bits per heavy atom. The van der Waals surface area contributed by atoms with E-state index in [2.05, 4.69) is 10.8 Å². The fraction of sp³-hybridized carbons (Fsp3) is 0.333. The molecule has 116 valence electrons. The summed E-state index contributed by atoms with van der Waals surface area (Å²) in [5.41, 5.74) is 6.14. The summed E-state index contributed by atoms with van der Waals surface area (Å²) in [6.45, 7) is -0.661. The van der Waals surface area contributed by atoms with Crippen molar-refractivity contribution >= 4 is 17.8 Å². The summed E-state index contributed by atoms with van der Waals surface area (Å²) in [4.78, 5) is 33.0. The molecule has 0 aliphatic carbocycles. The van der Waals surface area contributed by atoms with Gasteiger partial charge in [-0.25, -0.2) is 10.2 Å². The predicted octanol–water partition coefficient (Wildman–Crippen LogP) is -1.13. The first-order valence-electron chi connectivity index (χ1n) is 5.34. The number of carbonyl (C=O) groups excluding carboxylic acids is 3. The van der Waals surface area contributed by atoms with Crippen LogP contribution in [0.25, 0.3) is 0 Å². The SMILES string of the molecule is Cn1cc(C(=O)NCC(=O)NNC(N)=O)c(C(F)(F)F)n1. The molecule has 0 saturated heterocycles. The number of urea groups is 1. The van der Waals surface area contributed by atoms with Gasteiger partial charge in [0, 0.05) is 13.2 Å². The highest BCUT2D eigenvalue weighted by Crippen LogP contribution is 2.30. The monoisotopic (exact) mass is 308 g/mol. The van der Waals surface area contributed by atoms with E-state index >= 15 is 0 Å². The number of nitrogens with zero attached hydrogens (tertiary/aromatic N) is 2. The van der Waals surface area contributed by atoms with Gasteiger partial charge in [0.05, 0.1) is 12.1 Å². The molecular weight excluding hydrogens is 297 g/mol. The molecule has 0 bridgehead atoms. The maximum Gasteiger partial charge on any atom is 0.435 e. The lowest BCUT2D eigenvalue weighted by atomic mass is 10.2. The number of nitrogens with one attached hydrogen (secondary N) is 3. The van der Waals surface area contributed by atoms with Gasteiger partial charge in [-0.15, -0.1) is 0 Å². The van der Waals surface area contributed by atoms with Gasteiger partial charge in [-0.05, 0) is 0 Å². The smallest absolute Gasteiger partial charge is 0.350 e. The summed E-state index contributed by atoms with van der Waals surface area (Å²) in [6, 6.07) is -1.04. The minimum Gasteiger partial charge on any atom is -0.350 e. The van der Waals surface area contributed by atoms with Crippen molar-refractivity contribution in [2.45, 2.75) is 6.18 Å². The summed E-state index contributed by atoms with van der Waals surface area (Å²) in [5.74, 6) is -2.01. The first-order valence-corrected chi connectivity index (χ1v) is 5.34. The molecule has 5 N–H and O–H groups in total. The number of hydrogen-bond acceptors (Lipinski definition) is 4. The average molecular weight is 308 g/mol. The van der Waals surface area contributed by atoms with Gasteiger partial charge < -0.3 is 11.1 Å². The molecular formula is C9H11F3N6O3. The zero-order valence-corrected chi connectivity index (χ0v) is 10.6. The standard InChI is InChI=1S/C9H11F3N6O3/c1-18-3-4(6(17-18)9(10,11)12)7(20)14-2-5(19)15-16-8(13)21/h3H,2H2,1H3,(H,14,20)(H,15,19)(H3,13,16,21). The molecule has 1 aromatic heterocycles. The lowest BCUT2D eigenvalue weighted by molar-refractivity contribution is -0.141. The third-order valence-corrected chi connectivity index (χ3v) is 2.08. The van der Waals surface area contributed by atoms with E-state index in [-0.39, 0.29) is 0 Å². The zero-order valence-electron chi connectivity index (χ0n) is 10.6. The lowest BCUT2D eigenvalue weighted by Crippen LogP contribution is -2.48. The largest absolute Gasteiger partial charge is 0.435 e. The molecule has 0 unspecified atom stereocenters. The Morgan fingerprint density at radius 1 is 1.33 bits per heavy atom. The molecule has 12 heteroatoms. The first-order chi connectivity index (χ1) is 9.61. The molecule has 0 saturated carbocycles. The number of alkyl halides is 3. The highest BCUT2D eigenvalue weighted by Gasteiger charge is 2.38. The first kappa shape index (κ1) is 16.3. The summed E-state index contributed by atoms with van der Waals surface area (Å²) in [5, 5.41) is 5.10. The number of aromatic nitrogens is 2. The van der Waals surface area contributed by atoms with Crippen LogP contribution in [0.15, 0.2) is 6.20 Å². The van der Waals surface area contributed by atoms with Crippen LogP contribution in [0.5, 0.6) is 0 Å². The van der Waals surface area contributed by atoms with Crippen LogP contribution < -0.4 is 21.9 Å². The van der Waals surface area contributed by atoms with Crippen LogP contribution in [-0.2, 0) is 18.0 Å². The molecule has 0 spiro atoms. The molecule has 21 heavy (non-hydrogen) atoms. The maximum absolute atomic E-state index is 12.6. The van der Waals surface area contributed by atoms with Crippen molar-refractivity contribution in [3.8, 4) is 0 Å². The van der Waals surface area contributed by atoms with Gasteiger partial charge in [0.1, 0.15) is 0 Å². The molecule has 0 radical (unpaired) electrons. The quantitative estimate of drug-likeness (QED) is 0.526. The van der Waals surface area contributed by atoms with Gasteiger partial charge in [0.15, 0.2) is 5.69 Å². The fourth-order valence-electron chi connectivity index (χ4n) is 1.30. The van der Waals surface area contributed by atoms with Gasteiger partial charge in [-0.3, -0.25) is 19.7 Å². The average Bonchev–Trinajstić information content (AvgIpc) is 2.75. The Balaban J connectivity index is 2.69. The third kappa shape index (κ3) is 4.67. The number of hydrogen-bond donors (Lipinski definition) is 4. The van der Waals surface area contributed by atoms with E-state index in [1.807, 2.05) is 10.7 Å². The Labute approximate surface area is 115 Å². The van der Waals surface area contributed by atoms with Crippen molar-refractivity contribution in [2.75, 3.05) is 6.54 Å². The van der Waals surface area contributed by atoms with Crippen molar-refractivity contribution in [3.05, 3.63) is 17.5 Å². The number of amides is 4. The second-order valence-corrected chi connectivity index (χ2v) is 3.78. The number of hydrazine groups is 1. The van der Waals surface area contributed by atoms with Crippen LogP contribution >= 0.6 is 0 Å². The van der Waals surface area contributed by atoms with Crippen molar-refractivity contribution in [3.63, 3.8) is 0 Å². The number of primary amides is 1. The van der Waals surface area contributed by atoms with E-state index in [1.54, 1.807) is 5.43 Å². The van der Waals surface area contributed by atoms with E-state index in [9.17, 15) is 27.6 Å². The second kappa shape index (κ2) is 6.11. The molecule has 0 aliphatic heterocycles. The van der Waals surface area contributed by atoms with Gasteiger partial charge in [-0.2, -0.15) is 18.3 Å². The van der Waals surface area contributed by atoms with E-state index in [0.717, 1.165) is 10.9 Å². The molecule has 1 rings (SSSR count). The molecule has 0 aliphatic rings. The van der Waals surface area contributed by atoms with Gasteiger partial charge in [0.25, 0.3) is 11.8 Å². The molecule has 0 fully saturated rings. The van der Waals surface area contributed by atoms with Crippen LogP contribution in [0, 0.1) is 0 Å². The van der Waals surface area contributed by atoms with Crippen LogP contribution in [0.2, 0.25) is 0 Å². The summed E-state index contributed by atoms with van der Waals surface area (Å²) < 4.78 is 38.7. The number of halogens is 3. The molecule has 0 atom stereocenters. The molecule has 1 heterocycles. The molecule has 0 aromatic carbocycles. The summed E-state index contributed by atoms with van der Waals surface area (Å²) >= 11 is 0. The van der Waals surface area contributed by atoms with Crippen molar-refractivity contribution in [1.29, 1.82) is 0 Å². The van der Waals surface area contributed by atoms with Gasteiger partial charge >= 0.3 is 12.2 Å². The molecule has 9 nitrogen and oxygen atoms in total. The highest BCUT2D eigenvalue weighted by atomic mass is 19.4. The van der Waals surface area contributed by atoms with E-state index in [1.165, 1.54) is 7.05 Å². The highest BCUT2D eigenvalue weighted by molar-refractivity contribution is 5.97. The zero-order chi connectivity index (χ0) is 16.2. The van der Waals surface area contributed by atoms with Crippen molar-refractivity contribution in [2.24, 2.45) is 12.8 Å². The summed E-state index contributed by atoms with van der Waals surface area (Å²) in [7, 11) is 1.22. The minimum absolute atomic E-state index is 0.661. The Morgan fingerprint density at radius 2 is 1.95 bits per heavy atom. The number of aryl methyl sites for hydroxylation is 1. The summed E-state index contributed by atoms with van der Waals surface area (Å²) in [6.07, 6.45) is -3.93. The van der Waals surface area contributed by atoms with Gasteiger partial charge in [-0.1, -0.05) is 0 Å². The fourth-order valence-corrected chi connectivity index (χ4v) is 1.30. The van der Waals surface area contributed by atoms with E-state index in [0.29, 0.717) is 0 Å². The van der Waals surface area contributed by atoms with Crippen molar-refractivity contribution in [1.82, 2.24) is 25.9 Å². The lowest BCUT2D eigenvalue weighted by Gasteiger charge is -2.08. The normalized spacial score (nSPS) is 10.9. The van der Waals surface area contributed by atoms with E-state index in [4.69, 9.17) is 0 Å². The Kier molecular flexibility index (Phi) is 4.73. The Hall–Kier alpha value is -2.79. The van der Waals surface area contributed by atoms with Crippen LogP contribution in [0.4, 0.5) is 18.0 Å². The van der Waals surface area contributed by atoms with Crippen LogP contribution in [0.3, 0.4) is 0 Å². The van der Waals surface area contributed by atoms with Crippen LogP contribution in [0.1, 0.15) is 16.1 Å². The minimum atomic E-state index is -4.80. The number of rotatable bonds is 3. The maximum atomic E-state index is 12.6. The van der Waals surface area contributed by atoms with E-state index < -0.39 is 41.8 Å². The third-order valence-electron chi connectivity index (χ3n) is 2.08. The second-order valence-electron chi connectivity index (χ2n) is 3.78. The number of carbonyl (C=O) groups is 3. The Bertz CT molecular complexity index is 568. The number of nitrogens with two attached hydrogens (primary N) is 1. The topological polar surface area (TPSA) is 131 Å².